The molecular weight excluding hydrogens is 330 g/mol. The molecule has 1 saturated heterocycles. The van der Waals surface area contributed by atoms with Gasteiger partial charge in [0.15, 0.2) is 11.5 Å². The molecule has 0 unspecified atom stereocenters. The Hall–Kier alpha value is -1.89. The minimum Gasteiger partial charge on any atom is -0.493 e. The Morgan fingerprint density at radius 1 is 1.16 bits per heavy atom. The average molecular weight is 356 g/mol. The van der Waals surface area contributed by atoms with Gasteiger partial charge < -0.3 is 14.4 Å². The minimum atomic E-state index is -2.94. The highest BCUT2D eigenvalue weighted by Gasteiger charge is 2.23. The molecular formula is C18H26F2N2O3. The van der Waals surface area contributed by atoms with Crippen molar-refractivity contribution in [1.82, 2.24) is 9.80 Å². The normalized spacial score (nSPS) is 15.7. The number of ether oxygens (including phenoxy) is 2. The summed E-state index contributed by atoms with van der Waals surface area (Å²) in [6.07, 6.45) is 1.15. The van der Waals surface area contributed by atoms with E-state index < -0.39 is 6.61 Å². The van der Waals surface area contributed by atoms with Crippen LogP contribution in [0.3, 0.4) is 0 Å². The van der Waals surface area contributed by atoms with E-state index >= 15 is 0 Å². The average Bonchev–Trinajstić information content (AvgIpc) is 2.59. The summed E-state index contributed by atoms with van der Waals surface area (Å²) in [7, 11) is 1.36. The maximum atomic E-state index is 12.6. The van der Waals surface area contributed by atoms with Gasteiger partial charge in [-0.05, 0) is 37.1 Å². The molecule has 140 valence electrons. The van der Waals surface area contributed by atoms with Gasteiger partial charge in [-0.25, -0.2) is 0 Å². The Bertz CT molecular complexity index is 573. The highest BCUT2D eigenvalue weighted by Crippen LogP contribution is 2.30. The van der Waals surface area contributed by atoms with Crippen molar-refractivity contribution < 1.29 is 23.0 Å². The number of benzene rings is 1. The lowest BCUT2D eigenvalue weighted by Crippen LogP contribution is -2.49. The lowest BCUT2D eigenvalue weighted by molar-refractivity contribution is -0.0512. The van der Waals surface area contributed by atoms with Crippen molar-refractivity contribution >= 4 is 5.91 Å². The third-order valence-electron chi connectivity index (χ3n) is 4.31. The maximum Gasteiger partial charge on any atom is 0.387 e. The number of nitrogens with zero attached hydrogens (tertiary/aromatic N) is 2. The predicted octanol–water partition coefficient (Wildman–Crippen LogP) is 3.10. The van der Waals surface area contributed by atoms with Crippen molar-refractivity contribution in [2.45, 2.75) is 26.9 Å². The van der Waals surface area contributed by atoms with Crippen LogP contribution in [0.15, 0.2) is 18.2 Å². The van der Waals surface area contributed by atoms with Gasteiger partial charge in [-0.2, -0.15) is 8.78 Å². The molecule has 0 N–H and O–H groups in total. The van der Waals surface area contributed by atoms with Gasteiger partial charge in [-0.1, -0.05) is 13.8 Å². The molecule has 0 saturated carbocycles. The number of rotatable bonds is 7. The fourth-order valence-corrected chi connectivity index (χ4v) is 2.79. The van der Waals surface area contributed by atoms with Gasteiger partial charge in [-0.15, -0.1) is 0 Å². The number of halogens is 2. The summed E-state index contributed by atoms with van der Waals surface area (Å²) >= 11 is 0. The van der Waals surface area contributed by atoms with Crippen LogP contribution in [0.4, 0.5) is 8.78 Å². The molecule has 0 spiro atoms. The Balaban J connectivity index is 1.97. The highest BCUT2D eigenvalue weighted by molar-refractivity contribution is 5.95. The molecule has 1 fully saturated rings. The molecule has 1 heterocycles. The molecule has 0 atom stereocenters. The lowest BCUT2D eigenvalue weighted by atomic mass is 10.1. The van der Waals surface area contributed by atoms with E-state index in [1.807, 2.05) is 0 Å². The predicted molar refractivity (Wildman–Crippen MR) is 91.4 cm³/mol. The van der Waals surface area contributed by atoms with Gasteiger partial charge in [0.25, 0.3) is 5.91 Å². The third kappa shape index (κ3) is 5.56. The van der Waals surface area contributed by atoms with Crippen LogP contribution >= 0.6 is 0 Å². The van der Waals surface area contributed by atoms with Crippen molar-refractivity contribution in [3.63, 3.8) is 0 Å². The van der Waals surface area contributed by atoms with Gasteiger partial charge in [0.1, 0.15) is 0 Å². The Kier molecular flexibility index (Phi) is 6.99. The van der Waals surface area contributed by atoms with Gasteiger partial charge in [0.05, 0.1) is 7.11 Å². The van der Waals surface area contributed by atoms with Crippen LogP contribution in [0, 0.1) is 5.92 Å². The van der Waals surface area contributed by atoms with E-state index in [0.717, 1.165) is 26.1 Å². The number of hydrogen-bond donors (Lipinski definition) is 0. The second kappa shape index (κ2) is 8.99. The van der Waals surface area contributed by atoms with E-state index in [-0.39, 0.29) is 17.4 Å². The zero-order chi connectivity index (χ0) is 18.4. The quantitative estimate of drug-likeness (QED) is 0.753. The monoisotopic (exact) mass is 356 g/mol. The van der Waals surface area contributed by atoms with Crippen LogP contribution in [0.2, 0.25) is 0 Å². The van der Waals surface area contributed by atoms with Crippen LogP contribution in [0.5, 0.6) is 11.5 Å². The van der Waals surface area contributed by atoms with Gasteiger partial charge in [0.2, 0.25) is 0 Å². The first-order valence-electron chi connectivity index (χ1n) is 8.55. The van der Waals surface area contributed by atoms with E-state index in [1.165, 1.54) is 25.3 Å². The van der Waals surface area contributed by atoms with Crippen molar-refractivity contribution in [2.75, 3.05) is 39.8 Å². The summed E-state index contributed by atoms with van der Waals surface area (Å²) in [5.41, 5.74) is 0.411. The van der Waals surface area contributed by atoms with Crippen LogP contribution in [-0.2, 0) is 0 Å². The van der Waals surface area contributed by atoms with Gasteiger partial charge in [0, 0.05) is 31.7 Å². The number of carbonyl (C=O) groups excluding carboxylic acids is 1. The molecule has 0 aromatic heterocycles. The number of alkyl halides is 2. The Morgan fingerprint density at radius 3 is 2.40 bits per heavy atom. The van der Waals surface area contributed by atoms with Crippen LogP contribution in [-0.4, -0.2) is 62.2 Å². The molecule has 0 bridgehead atoms. The van der Waals surface area contributed by atoms with E-state index in [9.17, 15) is 13.6 Å². The standard InChI is InChI=1S/C18H26F2N2O3/c1-13(2)6-7-21-8-10-22(11-9-21)17(23)14-4-5-15(25-18(19)20)16(12-14)24-3/h4-5,12-13,18H,6-11H2,1-3H3. The fourth-order valence-electron chi connectivity index (χ4n) is 2.79. The Labute approximate surface area is 147 Å². The zero-order valence-electron chi connectivity index (χ0n) is 15.0. The Morgan fingerprint density at radius 2 is 1.84 bits per heavy atom. The first-order chi connectivity index (χ1) is 11.9. The van der Waals surface area contributed by atoms with Crippen molar-refractivity contribution in [2.24, 2.45) is 5.92 Å². The van der Waals surface area contributed by atoms with Crippen LogP contribution in [0.1, 0.15) is 30.6 Å². The number of hydrogen-bond acceptors (Lipinski definition) is 4. The largest absolute Gasteiger partial charge is 0.493 e. The summed E-state index contributed by atoms with van der Waals surface area (Å²) in [6.45, 7) is 5.54. The summed E-state index contributed by atoms with van der Waals surface area (Å²) in [6, 6.07) is 4.29. The maximum absolute atomic E-state index is 12.6. The number of methoxy groups -OCH3 is 1. The van der Waals surface area contributed by atoms with Crippen LogP contribution < -0.4 is 9.47 Å². The van der Waals surface area contributed by atoms with E-state index in [1.54, 1.807) is 4.90 Å². The highest BCUT2D eigenvalue weighted by atomic mass is 19.3. The number of carbonyl (C=O) groups is 1. The summed E-state index contributed by atoms with van der Waals surface area (Å²) in [5, 5.41) is 0. The molecule has 7 heteroatoms. The van der Waals surface area contributed by atoms with Crippen LogP contribution in [0.25, 0.3) is 0 Å². The van der Waals surface area contributed by atoms with Crippen molar-refractivity contribution in [3.8, 4) is 11.5 Å². The lowest BCUT2D eigenvalue weighted by Gasteiger charge is -2.35. The van der Waals surface area contributed by atoms with Gasteiger partial charge in [-0.3, -0.25) is 9.69 Å². The van der Waals surface area contributed by atoms with E-state index in [2.05, 4.69) is 23.5 Å². The molecule has 1 aromatic carbocycles. The number of amides is 1. The summed E-state index contributed by atoms with van der Waals surface area (Å²) in [4.78, 5) is 16.8. The molecule has 5 nitrogen and oxygen atoms in total. The van der Waals surface area contributed by atoms with E-state index in [4.69, 9.17) is 4.74 Å². The van der Waals surface area contributed by atoms with Crippen molar-refractivity contribution in [1.29, 1.82) is 0 Å². The second-order valence-corrected chi connectivity index (χ2v) is 6.56. The molecule has 2 rings (SSSR count). The molecule has 0 radical (unpaired) electrons. The molecule has 1 aliphatic heterocycles. The smallest absolute Gasteiger partial charge is 0.387 e. The molecule has 0 aliphatic carbocycles. The topological polar surface area (TPSA) is 42.0 Å². The van der Waals surface area contributed by atoms with E-state index in [0.29, 0.717) is 24.6 Å². The van der Waals surface area contributed by atoms with Crippen molar-refractivity contribution in [3.05, 3.63) is 23.8 Å². The van der Waals surface area contributed by atoms with Gasteiger partial charge >= 0.3 is 6.61 Å². The molecule has 1 aromatic rings. The SMILES string of the molecule is COc1cc(C(=O)N2CCN(CCC(C)C)CC2)ccc1OC(F)F. The first-order valence-corrected chi connectivity index (χ1v) is 8.55. The third-order valence-corrected chi connectivity index (χ3v) is 4.31. The summed E-state index contributed by atoms with van der Waals surface area (Å²) < 4.78 is 34.2. The summed E-state index contributed by atoms with van der Waals surface area (Å²) in [5.74, 6) is 0.598. The zero-order valence-corrected chi connectivity index (χ0v) is 15.0. The fraction of sp³-hybridized carbons (Fsp3) is 0.611. The molecule has 1 amide bonds. The second-order valence-electron chi connectivity index (χ2n) is 6.56. The number of piperazine rings is 1. The molecule has 1 aliphatic rings. The first kappa shape index (κ1) is 19.4. The molecule has 25 heavy (non-hydrogen) atoms. The minimum absolute atomic E-state index is 0.0763.